The zero-order chi connectivity index (χ0) is 14.8. The Balaban J connectivity index is 0.00000156. The van der Waals surface area contributed by atoms with Crippen molar-refractivity contribution in [3.8, 4) is 5.88 Å². The number of fused-ring (bicyclic) bond motifs is 1. The summed E-state index contributed by atoms with van der Waals surface area (Å²) in [7, 11) is 0. The van der Waals surface area contributed by atoms with Crippen molar-refractivity contribution in [3.05, 3.63) is 24.3 Å². The van der Waals surface area contributed by atoms with Crippen molar-refractivity contribution < 1.29 is 4.74 Å². The van der Waals surface area contributed by atoms with Crippen LogP contribution in [-0.4, -0.2) is 35.2 Å². The van der Waals surface area contributed by atoms with Crippen molar-refractivity contribution in [3.63, 3.8) is 0 Å². The van der Waals surface area contributed by atoms with E-state index in [-0.39, 0.29) is 12.4 Å². The third-order valence-electron chi connectivity index (χ3n) is 4.29. The lowest BCUT2D eigenvalue weighted by Gasteiger charge is -2.23. The minimum Gasteiger partial charge on any atom is -0.473 e. The molecule has 1 aliphatic heterocycles. The predicted octanol–water partition coefficient (Wildman–Crippen LogP) is 3.15. The molecule has 2 aliphatic rings. The van der Waals surface area contributed by atoms with Crippen LogP contribution in [0.15, 0.2) is 24.3 Å². The number of ether oxygens (including phenoxy) is 1. The second-order valence-corrected chi connectivity index (χ2v) is 6.24. The van der Waals surface area contributed by atoms with Crippen molar-refractivity contribution in [2.75, 3.05) is 18.5 Å². The number of hydrogen-bond acceptors (Lipinski definition) is 5. The molecule has 2 N–H and O–H groups in total. The van der Waals surface area contributed by atoms with Gasteiger partial charge >= 0.3 is 0 Å². The second-order valence-electron chi connectivity index (χ2n) is 6.24. The number of benzene rings is 1. The molecule has 1 aliphatic carbocycles. The van der Waals surface area contributed by atoms with E-state index in [0.717, 1.165) is 23.4 Å². The molecular weight excluding hydrogens is 312 g/mol. The Kier molecular flexibility index (Phi) is 5.18. The maximum Gasteiger partial charge on any atom is 0.258 e. The van der Waals surface area contributed by atoms with E-state index in [4.69, 9.17) is 9.72 Å². The van der Waals surface area contributed by atoms with E-state index in [0.29, 0.717) is 24.6 Å². The van der Waals surface area contributed by atoms with Crippen LogP contribution < -0.4 is 15.4 Å². The van der Waals surface area contributed by atoms with Gasteiger partial charge in [-0.05, 0) is 44.4 Å². The molecule has 1 aromatic carbocycles. The minimum atomic E-state index is 0. The summed E-state index contributed by atoms with van der Waals surface area (Å²) in [5.74, 6) is 1.43. The lowest BCUT2D eigenvalue weighted by atomic mass is 10.1. The molecule has 1 saturated heterocycles. The summed E-state index contributed by atoms with van der Waals surface area (Å²) < 4.78 is 6.01. The molecule has 1 atom stereocenters. The molecule has 1 unspecified atom stereocenters. The zero-order valence-electron chi connectivity index (χ0n) is 13.1. The molecular formula is C17H23ClN4O. The third-order valence-corrected chi connectivity index (χ3v) is 4.29. The Bertz CT molecular complexity index is 656. The van der Waals surface area contributed by atoms with Crippen LogP contribution in [0.4, 0.5) is 5.82 Å². The summed E-state index contributed by atoms with van der Waals surface area (Å²) in [6.45, 7) is 1.75. The van der Waals surface area contributed by atoms with Gasteiger partial charge in [-0.3, -0.25) is 0 Å². The van der Waals surface area contributed by atoms with Crippen LogP contribution in [0.25, 0.3) is 11.0 Å². The number of nitrogens with zero attached hydrogens (tertiary/aromatic N) is 2. The van der Waals surface area contributed by atoms with Gasteiger partial charge in [0.2, 0.25) is 0 Å². The highest BCUT2D eigenvalue weighted by Gasteiger charge is 2.24. The molecule has 0 radical (unpaired) electrons. The van der Waals surface area contributed by atoms with Crippen molar-refractivity contribution in [1.29, 1.82) is 0 Å². The molecule has 0 bridgehead atoms. The molecule has 0 spiro atoms. The maximum absolute atomic E-state index is 6.01. The molecule has 6 heteroatoms. The fourth-order valence-corrected chi connectivity index (χ4v) is 2.85. The first-order valence-electron chi connectivity index (χ1n) is 8.28. The van der Waals surface area contributed by atoms with E-state index in [9.17, 15) is 0 Å². The summed E-state index contributed by atoms with van der Waals surface area (Å²) in [5, 5.41) is 6.95. The highest BCUT2D eigenvalue weighted by atomic mass is 35.5. The summed E-state index contributed by atoms with van der Waals surface area (Å²) in [6, 6.07) is 8.91. The summed E-state index contributed by atoms with van der Waals surface area (Å²) in [6.07, 6.45) is 6.13. The number of halogens is 1. The van der Waals surface area contributed by atoms with Crippen LogP contribution in [0.5, 0.6) is 5.88 Å². The van der Waals surface area contributed by atoms with Gasteiger partial charge in [0.25, 0.3) is 5.88 Å². The SMILES string of the molecule is Cl.c1ccc2nc(OCC3CCCCN3)c(NC3CC3)nc2c1. The van der Waals surface area contributed by atoms with Crippen molar-refractivity contribution in [1.82, 2.24) is 15.3 Å². The summed E-state index contributed by atoms with van der Waals surface area (Å²) in [4.78, 5) is 9.37. The minimum absolute atomic E-state index is 0. The largest absolute Gasteiger partial charge is 0.473 e. The number of para-hydroxylation sites is 2. The first-order chi connectivity index (χ1) is 10.9. The molecule has 1 aromatic heterocycles. The summed E-state index contributed by atoms with van der Waals surface area (Å²) >= 11 is 0. The normalized spacial score (nSPS) is 20.8. The smallest absolute Gasteiger partial charge is 0.258 e. The lowest BCUT2D eigenvalue weighted by Crippen LogP contribution is -2.38. The highest BCUT2D eigenvalue weighted by molar-refractivity contribution is 5.85. The van der Waals surface area contributed by atoms with Crippen molar-refractivity contribution >= 4 is 29.3 Å². The molecule has 23 heavy (non-hydrogen) atoms. The van der Waals surface area contributed by atoms with Gasteiger partial charge in [0.05, 0.1) is 11.0 Å². The van der Waals surface area contributed by atoms with E-state index in [1.54, 1.807) is 0 Å². The first kappa shape index (κ1) is 16.3. The van der Waals surface area contributed by atoms with Crippen LogP contribution in [0.3, 0.4) is 0 Å². The lowest BCUT2D eigenvalue weighted by molar-refractivity contribution is 0.233. The van der Waals surface area contributed by atoms with Crippen LogP contribution in [0.2, 0.25) is 0 Å². The van der Waals surface area contributed by atoms with Crippen LogP contribution in [0.1, 0.15) is 32.1 Å². The molecule has 2 aromatic rings. The second kappa shape index (κ2) is 7.32. The molecule has 124 valence electrons. The molecule has 0 amide bonds. The summed E-state index contributed by atoms with van der Waals surface area (Å²) in [5.41, 5.74) is 1.80. The van der Waals surface area contributed by atoms with Gasteiger partial charge < -0.3 is 15.4 Å². The third kappa shape index (κ3) is 4.03. The van der Waals surface area contributed by atoms with E-state index < -0.39 is 0 Å². The molecule has 5 nitrogen and oxygen atoms in total. The molecule has 2 heterocycles. The van der Waals surface area contributed by atoms with E-state index >= 15 is 0 Å². The average Bonchev–Trinajstić information content (AvgIpc) is 3.38. The Labute approximate surface area is 142 Å². The first-order valence-corrected chi connectivity index (χ1v) is 8.28. The Morgan fingerprint density at radius 1 is 1.09 bits per heavy atom. The number of aromatic nitrogens is 2. The Morgan fingerprint density at radius 2 is 1.87 bits per heavy atom. The number of nitrogens with one attached hydrogen (secondary N) is 2. The Hall–Kier alpha value is -1.59. The van der Waals surface area contributed by atoms with Crippen molar-refractivity contribution in [2.45, 2.75) is 44.2 Å². The van der Waals surface area contributed by atoms with Crippen molar-refractivity contribution in [2.24, 2.45) is 0 Å². The van der Waals surface area contributed by atoms with Gasteiger partial charge in [-0.15, -0.1) is 12.4 Å². The number of anilines is 1. The van der Waals surface area contributed by atoms with Gasteiger partial charge in [-0.2, -0.15) is 0 Å². The van der Waals surface area contributed by atoms with Gasteiger partial charge in [-0.25, -0.2) is 9.97 Å². The molecule has 2 fully saturated rings. The van der Waals surface area contributed by atoms with E-state index in [1.807, 2.05) is 24.3 Å². The van der Waals surface area contributed by atoms with E-state index in [1.165, 1.54) is 32.1 Å². The van der Waals surface area contributed by atoms with Crippen LogP contribution in [0, 0.1) is 0 Å². The number of hydrogen-bond donors (Lipinski definition) is 2. The predicted molar refractivity (Wildman–Crippen MR) is 94.6 cm³/mol. The van der Waals surface area contributed by atoms with Crippen LogP contribution in [-0.2, 0) is 0 Å². The van der Waals surface area contributed by atoms with E-state index in [2.05, 4.69) is 15.6 Å². The van der Waals surface area contributed by atoms with Gasteiger partial charge in [0, 0.05) is 12.1 Å². The highest BCUT2D eigenvalue weighted by Crippen LogP contribution is 2.30. The monoisotopic (exact) mass is 334 g/mol. The fraction of sp³-hybridized carbons (Fsp3) is 0.529. The standard InChI is InChI=1S/C17H22N4O.ClH/c1-2-7-15-14(6-1)20-16(19-12-8-9-12)17(21-15)22-11-13-5-3-4-10-18-13;/h1-2,6-7,12-13,18H,3-5,8-11H2,(H,19,20);1H. The topological polar surface area (TPSA) is 59.1 Å². The van der Waals surface area contributed by atoms with Gasteiger partial charge in [0.15, 0.2) is 5.82 Å². The van der Waals surface area contributed by atoms with Gasteiger partial charge in [0.1, 0.15) is 6.61 Å². The maximum atomic E-state index is 6.01. The average molecular weight is 335 g/mol. The van der Waals surface area contributed by atoms with Gasteiger partial charge in [-0.1, -0.05) is 18.6 Å². The zero-order valence-corrected chi connectivity index (χ0v) is 13.9. The quantitative estimate of drug-likeness (QED) is 0.879. The molecule has 1 saturated carbocycles. The fourth-order valence-electron chi connectivity index (χ4n) is 2.85. The Morgan fingerprint density at radius 3 is 2.57 bits per heavy atom. The van der Waals surface area contributed by atoms with Crippen LogP contribution >= 0.6 is 12.4 Å². The molecule has 4 rings (SSSR count). The number of rotatable bonds is 5. The number of piperidine rings is 1.